The van der Waals surface area contributed by atoms with Crippen molar-refractivity contribution in [2.45, 2.75) is 19.6 Å². The van der Waals surface area contributed by atoms with Crippen molar-refractivity contribution in [3.63, 3.8) is 0 Å². The smallest absolute Gasteiger partial charge is 0.272 e. The van der Waals surface area contributed by atoms with Gasteiger partial charge in [0.15, 0.2) is 11.6 Å². The molecule has 4 N–H and O–H groups in total. The number of primary amides is 1. The van der Waals surface area contributed by atoms with Crippen molar-refractivity contribution in [1.29, 1.82) is 0 Å². The third-order valence-corrected chi connectivity index (χ3v) is 2.86. The topological polar surface area (TPSA) is 110 Å². The minimum absolute atomic E-state index is 0.0204. The Balaban J connectivity index is 1.95. The van der Waals surface area contributed by atoms with Gasteiger partial charge < -0.3 is 15.8 Å². The Morgan fingerprint density at radius 2 is 2.18 bits per heavy atom. The lowest BCUT2D eigenvalue weighted by Gasteiger charge is -2.07. The molecule has 1 atom stereocenters. The largest absolute Gasteiger partial charge is 0.484 e. The Labute approximate surface area is 125 Å². The second-order valence-corrected chi connectivity index (χ2v) is 4.60. The maximum Gasteiger partial charge on any atom is 0.272 e. The third-order valence-electron chi connectivity index (χ3n) is 2.86. The van der Waals surface area contributed by atoms with Gasteiger partial charge in [-0.05, 0) is 25.1 Å². The maximum absolute atomic E-state index is 13.4. The van der Waals surface area contributed by atoms with Crippen molar-refractivity contribution in [3.05, 3.63) is 47.5 Å². The molecule has 1 heterocycles. The number of ether oxygens (including phenoxy) is 1. The lowest BCUT2D eigenvalue weighted by Crippen LogP contribution is -2.42. The second-order valence-electron chi connectivity index (χ2n) is 4.60. The molecule has 2 aromatic rings. The fourth-order valence-electron chi connectivity index (χ4n) is 1.61. The van der Waals surface area contributed by atoms with E-state index >= 15 is 0 Å². The molecule has 116 valence electrons. The van der Waals surface area contributed by atoms with Gasteiger partial charge in [0.2, 0.25) is 5.91 Å². The molecule has 0 spiro atoms. The highest BCUT2D eigenvalue weighted by molar-refractivity contribution is 5.95. The maximum atomic E-state index is 13.4. The SMILES string of the molecule is C[C@H](NC(=O)c1cc(COc2ccccc2F)[nH]n1)C(N)=O. The molecule has 0 bridgehead atoms. The van der Waals surface area contributed by atoms with Crippen LogP contribution in [0.4, 0.5) is 4.39 Å². The molecule has 2 rings (SSSR count). The first kappa shape index (κ1) is 15.5. The van der Waals surface area contributed by atoms with Gasteiger partial charge in [0.05, 0.1) is 5.69 Å². The van der Waals surface area contributed by atoms with Crippen molar-refractivity contribution in [3.8, 4) is 5.75 Å². The monoisotopic (exact) mass is 306 g/mol. The Kier molecular flexibility index (Phi) is 4.72. The molecule has 2 amide bonds. The van der Waals surface area contributed by atoms with Crippen molar-refractivity contribution in [2.75, 3.05) is 0 Å². The van der Waals surface area contributed by atoms with E-state index in [9.17, 15) is 14.0 Å². The van der Waals surface area contributed by atoms with Crippen LogP contribution in [0.15, 0.2) is 30.3 Å². The summed E-state index contributed by atoms with van der Waals surface area (Å²) < 4.78 is 18.7. The number of halogens is 1. The number of para-hydroxylation sites is 1. The summed E-state index contributed by atoms with van der Waals surface area (Å²) in [6, 6.07) is 6.63. The highest BCUT2D eigenvalue weighted by Crippen LogP contribution is 2.16. The molecule has 0 aliphatic rings. The number of rotatable bonds is 6. The molecular formula is C14H15FN4O3. The highest BCUT2D eigenvalue weighted by atomic mass is 19.1. The molecule has 1 aromatic carbocycles. The zero-order valence-corrected chi connectivity index (χ0v) is 11.8. The molecule has 0 fully saturated rings. The van der Waals surface area contributed by atoms with Crippen molar-refractivity contribution >= 4 is 11.8 Å². The summed E-state index contributed by atoms with van der Waals surface area (Å²) in [7, 11) is 0. The summed E-state index contributed by atoms with van der Waals surface area (Å²) in [5.41, 5.74) is 5.63. The normalized spacial score (nSPS) is 11.7. The molecule has 0 radical (unpaired) electrons. The third kappa shape index (κ3) is 3.81. The molecule has 8 heteroatoms. The van der Waals surface area contributed by atoms with Crippen LogP contribution in [0.25, 0.3) is 0 Å². The number of carbonyl (C=O) groups excluding carboxylic acids is 2. The van der Waals surface area contributed by atoms with E-state index in [2.05, 4.69) is 15.5 Å². The van der Waals surface area contributed by atoms with Crippen LogP contribution in [-0.2, 0) is 11.4 Å². The van der Waals surface area contributed by atoms with Gasteiger partial charge >= 0.3 is 0 Å². The van der Waals surface area contributed by atoms with Gasteiger partial charge in [0, 0.05) is 0 Å². The van der Waals surface area contributed by atoms with Crippen molar-refractivity contribution in [2.24, 2.45) is 5.73 Å². The number of amides is 2. The average Bonchev–Trinajstić information content (AvgIpc) is 2.95. The lowest BCUT2D eigenvalue weighted by molar-refractivity contribution is -0.119. The number of H-pyrrole nitrogens is 1. The van der Waals surface area contributed by atoms with Gasteiger partial charge in [-0.15, -0.1) is 0 Å². The number of hydrogen-bond donors (Lipinski definition) is 3. The van der Waals surface area contributed by atoms with Crippen LogP contribution < -0.4 is 15.8 Å². The van der Waals surface area contributed by atoms with Crippen LogP contribution in [0.1, 0.15) is 23.1 Å². The van der Waals surface area contributed by atoms with E-state index < -0.39 is 23.7 Å². The highest BCUT2D eigenvalue weighted by Gasteiger charge is 2.16. The summed E-state index contributed by atoms with van der Waals surface area (Å²) in [6.45, 7) is 1.49. The van der Waals surface area contributed by atoms with Crippen molar-refractivity contribution < 1.29 is 18.7 Å². The van der Waals surface area contributed by atoms with Crippen LogP contribution >= 0.6 is 0 Å². The number of nitrogens with two attached hydrogens (primary N) is 1. The van der Waals surface area contributed by atoms with Gasteiger partial charge in [0.25, 0.3) is 5.91 Å². The summed E-state index contributed by atoms with van der Waals surface area (Å²) in [5, 5.41) is 8.80. The first-order chi connectivity index (χ1) is 10.5. The Morgan fingerprint density at radius 1 is 1.45 bits per heavy atom. The number of aromatic nitrogens is 2. The van der Waals surface area contributed by atoms with E-state index in [1.807, 2.05) is 0 Å². The second kappa shape index (κ2) is 6.70. The van der Waals surface area contributed by atoms with E-state index in [1.54, 1.807) is 12.1 Å². The summed E-state index contributed by atoms with van der Waals surface area (Å²) in [4.78, 5) is 22.7. The Bertz CT molecular complexity index is 686. The zero-order valence-electron chi connectivity index (χ0n) is 11.8. The van der Waals surface area contributed by atoms with Crippen LogP contribution in [0.3, 0.4) is 0 Å². The molecule has 0 aliphatic carbocycles. The number of benzene rings is 1. The zero-order chi connectivity index (χ0) is 16.1. The minimum Gasteiger partial charge on any atom is -0.484 e. The molecular weight excluding hydrogens is 291 g/mol. The van der Waals surface area contributed by atoms with Crippen LogP contribution in [-0.4, -0.2) is 28.1 Å². The molecule has 7 nitrogen and oxygen atoms in total. The first-order valence-electron chi connectivity index (χ1n) is 6.49. The first-order valence-corrected chi connectivity index (χ1v) is 6.49. The van der Waals surface area contributed by atoms with Gasteiger partial charge in [-0.1, -0.05) is 12.1 Å². The molecule has 22 heavy (non-hydrogen) atoms. The van der Waals surface area contributed by atoms with E-state index in [0.717, 1.165) is 0 Å². The van der Waals surface area contributed by atoms with E-state index in [4.69, 9.17) is 10.5 Å². The summed E-state index contributed by atoms with van der Waals surface area (Å²) in [5.74, 6) is -1.56. The fraction of sp³-hybridized carbons (Fsp3) is 0.214. The fourth-order valence-corrected chi connectivity index (χ4v) is 1.61. The minimum atomic E-state index is -0.803. The Morgan fingerprint density at radius 3 is 2.86 bits per heavy atom. The van der Waals surface area contributed by atoms with Crippen LogP contribution in [0.5, 0.6) is 5.75 Å². The average molecular weight is 306 g/mol. The Hall–Kier alpha value is -2.90. The van der Waals surface area contributed by atoms with E-state index in [-0.39, 0.29) is 18.1 Å². The van der Waals surface area contributed by atoms with Gasteiger partial charge in [-0.2, -0.15) is 5.10 Å². The summed E-state index contributed by atoms with van der Waals surface area (Å²) in [6.07, 6.45) is 0. The molecule has 0 aliphatic heterocycles. The quantitative estimate of drug-likeness (QED) is 0.730. The molecule has 0 saturated heterocycles. The number of aromatic amines is 1. The predicted molar refractivity (Wildman–Crippen MR) is 75.4 cm³/mol. The number of hydrogen-bond acceptors (Lipinski definition) is 4. The standard InChI is InChI=1S/C14H15FN4O3/c1-8(13(16)20)17-14(21)11-6-9(18-19-11)7-22-12-5-3-2-4-10(12)15/h2-6,8H,7H2,1H3,(H2,16,20)(H,17,21)(H,18,19)/t8-/m0/s1. The number of nitrogens with one attached hydrogen (secondary N) is 2. The van der Waals surface area contributed by atoms with E-state index in [1.165, 1.54) is 25.1 Å². The van der Waals surface area contributed by atoms with Crippen LogP contribution in [0.2, 0.25) is 0 Å². The van der Waals surface area contributed by atoms with Crippen LogP contribution in [0, 0.1) is 5.82 Å². The van der Waals surface area contributed by atoms with Gasteiger partial charge in [-0.3, -0.25) is 14.7 Å². The molecule has 0 unspecified atom stereocenters. The predicted octanol–water partition coefficient (Wildman–Crippen LogP) is 0.731. The number of carbonyl (C=O) groups is 2. The van der Waals surface area contributed by atoms with Gasteiger partial charge in [0.1, 0.15) is 18.3 Å². The van der Waals surface area contributed by atoms with Crippen molar-refractivity contribution in [1.82, 2.24) is 15.5 Å². The number of nitrogens with zero attached hydrogens (tertiary/aromatic N) is 1. The van der Waals surface area contributed by atoms with Gasteiger partial charge in [-0.25, -0.2) is 4.39 Å². The summed E-state index contributed by atoms with van der Waals surface area (Å²) >= 11 is 0. The molecule has 1 aromatic heterocycles. The van der Waals surface area contributed by atoms with E-state index in [0.29, 0.717) is 5.69 Å². The molecule has 0 saturated carbocycles. The lowest BCUT2D eigenvalue weighted by atomic mass is 10.3.